The van der Waals surface area contributed by atoms with Crippen molar-refractivity contribution in [1.29, 1.82) is 0 Å². The fourth-order valence-electron chi connectivity index (χ4n) is 2.76. The van der Waals surface area contributed by atoms with Gasteiger partial charge in [-0.15, -0.1) is 0 Å². The van der Waals surface area contributed by atoms with Crippen LogP contribution in [0.15, 0.2) is 30.3 Å². The molecule has 126 valence electrons. The normalized spacial score (nSPS) is 17.6. The summed E-state index contributed by atoms with van der Waals surface area (Å²) in [7, 11) is 0. The van der Waals surface area contributed by atoms with E-state index in [1.807, 2.05) is 18.2 Å². The van der Waals surface area contributed by atoms with Crippen molar-refractivity contribution in [3.63, 3.8) is 0 Å². The van der Waals surface area contributed by atoms with Crippen molar-refractivity contribution in [2.45, 2.75) is 32.6 Å². The van der Waals surface area contributed by atoms with Crippen molar-refractivity contribution in [2.75, 3.05) is 26.3 Å². The third-order valence-electron chi connectivity index (χ3n) is 3.98. The van der Waals surface area contributed by atoms with E-state index in [0.29, 0.717) is 26.3 Å². The highest BCUT2D eigenvalue weighted by molar-refractivity contribution is 5.74. The number of ether oxygens (including phenoxy) is 2. The van der Waals surface area contributed by atoms with Gasteiger partial charge in [0.15, 0.2) is 0 Å². The Labute approximate surface area is 137 Å². The number of piperidine rings is 1. The highest BCUT2D eigenvalue weighted by Crippen LogP contribution is 2.18. The number of esters is 1. The minimum absolute atomic E-state index is 0.202. The number of aryl methyl sites for hydroxylation is 1. The number of carbonyl (C=O) groups excluding carboxylic acids is 2. The van der Waals surface area contributed by atoms with Gasteiger partial charge in [0.25, 0.3) is 0 Å². The number of carbonyl (C=O) groups is 2. The fraction of sp³-hybridized carbons (Fsp3) is 0.556. The first-order valence-corrected chi connectivity index (χ1v) is 8.33. The predicted octanol–water partition coefficient (Wildman–Crippen LogP) is 3.03. The molecule has 0 aromatic heterocycles. The Hall–Kier alpha value is -2.04. The molecule has 1 aromatic rings. The zero-order valence-electron chi connectivity index (χ0n) is 13.7. The molecule has 23 heavy (non-hydrogen) atoms. The molecule has 1 atom stereocenters. The molecule has 5 nitrogen and oxygen atoms in total. The largest absolute Gasteiger partial charge is 0.465 e. The average molecular weight is 319 g/mol. The lowest BCUT2D eigenvalue weighted by Gasteiger charge is -2.30. The van der Waals surface area contributed by atoms with Gasteiger partial charge in [0, 0.05) is 13.1 Å². The van der Waals surface area contributed by atoms with Crippen molar-refractivity contribution in [3.05, 3.63) is 35.9 Å². The number of benzene rings is 1. The lowest BCUT2D eigenvalue weighted by atomic mass is 9.98. The summed E-state index contributed by atoms with van der Waals surface area (Å²) in [4.78, 5) is 25.5. The van der Waals surface area contributed by atoms with E-state index in [9.17, 15) is 9.59 Å². The van der Waals surface area contributed by atoms with E-state index >= 15 is 0 Å². The topological polar surface area (TPSA) is 55.8 Å². The summed E-state index contributed by atoms with van der Waals surface area (Å²) in [5, 5.41) is 0. The molecule has 1 heterocycles. The van der Waals surface area contributed by atoms with Crippen LogP contribution in [0, 0.1) is 5.92 Å². The lowest BCUT2D eigenvalue weighted by molar-refractivity contribution is -0.150. The summed E-state index contributed by atoms with van der Waals surface area (Å²) in [6, 6.07) is 10.1. The minimum atomic E-state index is -0.339. The first kappa shape index (κ1) is 17.3. The molecule has 1 aromatic carbocycles. The lowest BCUT2D eigenvalue weighted by Crippen LogP contribution is -2.43. The number of amides is 1. The minimum Gasteiger partial charge on any atom is -0.465 e. The molecule has 1 fully saturated rings. The summed E-state index contributed by atoms with van der Waals surface area (Å²) in [6.07, 6.45) is 2.95. The second kappa shape index (κ2) is 9.18. The maximum absolute atomic E-state index is 12.1. The van der Waals surface area contributed by atoms with Crippen LogP contribution in [0.2, 0.25) is 0 Å². The molecule has 1 amide bonds. The molecule has 0 saturated carbocycles. The molecule has 0 aliphatic carbocycles. The second-order valence-corrected chi connectivity index (χ2v) is 5.74. The van der Waals surface area contributed by atoms with Gasteiger partial charge >= 0.3 is 12.1 Å². The zero-order chi connectivity index (χ0) is 16.5. The van der Waals surface area contributed by atoms with Crippen molar-refractivity contribution in [2.24, 2.45) is 5.92 Å². The quantitative estimate of drug-likeness (QED) is 0.597. The fourth-order valence-corrected chi connectivity index (χ4v) is 2.76. The Morgan fingerprint density at radius 1 is 1.22 bits per heavy atom. The van der Waals surface area contributed by atoms with Crippen LogP contribution in [0.25, 0.3) is 0 Å². The Morgan fingerprint density at radius 3 is 2.74 bits per heavy atom. The average Bonchev–Trinajstić information content (AvgIpc) is 2.60. The van der Waals surface area contributed by atoms with E-state index < -0.39 is 0 Å². The highest BCUT2D eigenvalue weighted by atomic mass is 16.6. The number of nitrogens with zero attached hydrogens (tertiary/aromatic N) is 1. The van der Waals surface area contributed by atoms with Gasteiger partial charge in [0.2, 0.25) is 0 Å². The molecule has 2 rings (SSSR count). The van der Waals surface area contributed by atoms with Crippen LogP contribution in [-0.4, -0.2) is 43.3 Å². The molecule has 1 aliphatic rings. The van der Waals surface area contributed by atoms with Crippen LogP contribution in [0.5, 0.6) is 0 Å². The molecule has 5 heteroatoms. The number of likely N-dealkylation sites (tertiary alicyclic amines) is 1. The molecule has 1 aliphatic heterocycles. The third-order valence-corrected chi connectivity index (χ3v) is 3.98. The Kier molecular flexibility index (Phi) is 6.91. The van der Waals surface area contributed by atoms with Crippen molar-refractivity contribution in [3.8, 4) is 0 Å². The van der Waals surface area contributed by atoms with Crippen LogP contribution >= 0.6 is 0 Å². The van der Waals surface area contributed by atoms with Crippen LogP contribution in [0.1, 0.15) is 31.7 Å². The van der Waals surface area contributed by atoms with E-state index in [1.165, 1.54) is 5.56 Å². The first-order chi connectivity index (χ1) is 11.2. The third kappa shape index (κ3) is 5.58. The summed E-state index contributed by atoms with van der Waals surface area (Å²) in [6.45, 7) is 3.60. The van der Waals surface area contributed by atoms with Crippen LogP contribution < -0.4 is 0 Å². The second-order valence-electron chi connectivity index (χ2n) is 5.74. The zero-order valence-corrected chi connectivity index (χ0v) is 13.7. The first-order valence-electron chi connectivity index (χ1n) is 8.33. The van der Waals surface area contributed by atoms with E-state index in [0.717, 1.165) is 25.7 Å². The highest BCUT2D eigenvalue weighted by Gasteiger charge is 2.29. The van der Waals surface area contributed by atoms with Gasteiger partial charge in [-0.2, -0.15) is 0 Å². The maximum Gasteiger partial charge on any atom is 0.409 e. The van der Waals surface area contributed by atoms with E-state index in [4.69, 9.17) is 9.47 Å². The van der Waals surface area contributed by atoms with Crippen molar-refractivity contribution < 1.29 is 19.1 Å². The monoisotopic (exact) mass is 319 g/mol. The van der Waals surface area contributed by atoms with Gasteiger partial charge in [-0.25, -0.2) is 4.79 Å². The predicted molar refractivity (Wildman–Crippen MR) is 87.0 cm³/mol. The van der Waals surface area contributed by atoms with Gasteiger partial charge in [-0.3, -0.25) is 4.79 Å². The number of hydrogen-bond donors (Lipinski definition) is 0. The van der Waals surface area contributed by atoms with Gasteiger partial charge in [-0.05, 0) is 38.2 Å². The molecular weight excluding hydrogens is 294 g/mol. The molecule has 1 saturated heterocycles. The Morgan fingerprint density at radius 2 is 2.00 bits per heavy atom. The van der Waals surface area contributed by atoms with Crippen molar-refractivity contribution >= 4 is 12.1 Å². The standard InChI is InChI=1S/C18H25NO4/c1-2-22-18(21)19-12-6-11-16(14-19)17(20)23-13-7-10-15-8-4-3-5-9-15/h3-5,8-9,16H,2,6-7,10-14H2,1H3. The van der Waals surface area contributed by atoms with Crippen LogP contribution in [-0.2, 0) is 20.7 Å². The van der Waals surface area contributed by atoms with E-state index in [1.54, 1.807) is 11.8 Å². The Balaban J connectivity index is 1.69. The molecule has 0 spiro atoms. The summed E-state index contributed by atoms with van der Waals surface area (Å²) >= 11 is 0. The Bertz CT molecular complexity index is 503. The van der Waals surface area contributed by atoms with Gasteiger partial charge in [0.05, 0.1) is 19.1 Å². The molecule has 0 N–H and O–H groups in total. The van der Waals surface area contributed by atoms with Gasteiger partial charge in [-0.1, -0.05) is 30.3 Å². The van der Waals surface area contributed by atoms with E-state index in [-0.39, 0.29) is 18.0 Å². The SMILES string of the molecule is CCOC(=O)N1CCCC(C(=O)OCCCc2ccccc2)C1. The molecule has 0 bridgehead atoms. The summed E-state index contributed by atoms with van der Waals surface area (Å²) < 4.78 is 10.4. The summed E-state index contributed by atoms with van der Waals surface area (Å²) in [5.41, 5.74) is 1.25. The number of hydrogen-bond acceptors (Lipinski definition) is 4. The maximum atomic E-state index is 12.1. The molecule has 0 radical (unpaired) electrons. The van der Waals surface area contributed by atoms with E-state index in [2.05, 4.69) is 12.1 Å². The number of rotatable bonds is 6. The molecular formula is C18H25NO4. The smallest absolute Gasteiger partial charge is 0.409 e. The van der Waals surface area contributed by atoms with Crippen molar-refractivity contribution in [1.82, 2.24) is 4.90 Å². The van der Waals surface area contributed by atoms with Gasteiger partial charge in [0.1, 0.15) is 0 Å². The van der Waals surface area contributed by atoms with Crippen LogP contribution in [0.3, 0.4) is 0 Å². The molecule has 1 unspecified atom stereocenters. The van der Waals surface area contributed by atoms with Crippen LogP contribution in [0.4, 0.5) is 4.79 Å². The summed E-state index contributed by atoms with van der Waals surface area (Å²) in [5.74, 6) is -0.433. The van der Waals surface area contributed by atoms with Gasteiger partial charge < -0.3 is 14.4 Å².